The molecule has 0 aromatic heterocycles. The van der Waals surface area contributed by atoms with E-state index >= 15 is 0 Å². The van der Waals surface area contributed by atoms with Gasteiger partial charge < -0.3 is 5.11 Å². The van der Waals surface area contributed by atoms with Crippen molar-refractivity contribution in [1.29, 1.82) is 5.26 Å². The Hall–Kier alpha value is -1.44. The van der Waals surface area contributed by atoms with Gasteiger partial charge in [0.25, 0.3) is 0 Å². The molecule has 1 aliphatic rings. The Balaban J connectivity index is 2.08. The minimum atomic E-state index is -0.479. The minimum Gasteiger partial charge on any atom is -0.392 e. The maximum atomic E-state index is 13.1. The Bertz CT molecular complexity index is 428. The highest BCUT2D eigenvalue weighted by molar-refractivity contribution is 5.34. The van der Waals surface area contributed by atoms with E-state index in [-0.39, 0.29) is 11.7 Å². The molecule has 3 nitrogen and oxygen atoms in total. The summed E-state index contributed by atoms with van der Waals surface area (Å²) in [5.74, 6) is -0.479. The number of hydrogen-bond donors (Lipinski definition) is 1. The summed E-state index contributed by atoms with van der Waals surface area (Å²) in [5.41, 5.74) is 0.990. The number of β-amino-alcohol motifs (C(OH)–C–C–N with tert-alkyl or cyclic N) is 1. The number of hydrogen-bond acceptors (Lipinski definition) is 3. The van der Waals surface area contributed by atoms with E-state index in [9.17, 15) is 9.50 Å². The summed E-state index contributed by atoms with van der Waals surface area (Å²) in [6.45, 7) is 2.16. The Morgan fingerprint density at radius 1 is 1.56 bits per heavy atom. The zero-order valence-electron chi connectivity index (χ0n) is 8.86. The maximum absolute atomic E-state index is 13.1. The second kappa shape index (κ2) is 4.60. The average molecular weight is 220 g/mol. The quantitative estimate of drug-likeness (QED) is 0.816. The van der Waals surface area contributed by atoms with Crippen molar-refractivity contribution in [2.45, 2.75) is 19.1 Å². The highest BCUT2D eigenvalue weighted by Gasteiger charge is 2.20. The number of benzene rings is 1. The van der Waals surface area contributed by atoms with Gasteiger partial charge in [0, 0.05) is 19.6 Å². The molecule has 1 heterocycles. The van der Waals surface area contributed by atoms with Crippen LogP contribution in [0.25, 0.3) is 0 Å². The first-order valence-electron chi connectivity index (χ1n) is 5.28. The van der Waals surface area contributed by atoms with E-state index in [0.717, 1.165) is 18.5 Å². The third-order valence-electron chi connectivity index (χ3n) is 2.80. The van der Waals surface area contributed by atoms with Crippen molar-refractivity contribution >= 4 is 0 Å². The first-order valence-corrected chi connectivity index (χ1v) is 5.28. The number of nitrogens with zero attached hydrogens (tertiary/aromatic N) is 2. The third kappa shape index (κ3) is 2.38. The van der Waals surface area contributed by atoms with Gasteiger partial charge >= 0.3 is 0 Å². The average Bonchev–Trinajstić information content (AvgIpc) is 2.67. The molecule has 0 radical (unpaired) electrons. The van der Waals surface area contributed by atoms with Gasteiger partial charge in [-0.25, -0.2) is 4.39 Å². The molecule has 2 rings (SSSR count). The fourth-order valence-electron chi connectivity index (χ4n) is 1.97. The molecule has 0 amide bonds. The van der Waals surface area contributed by atoms with Crippen LogP contribution in [0, 0.1) is 17.1 Å². The molecule has 1 aromatic carbocycles. The lowest BCUT2D eigenvalue weighted by molar-refractivity contribution is 0.175. The topological polar surface area (TPSA) is 47.3 Å². The maximum Gasteiger partial charge on any atom is 0.140 e. The molecule has 1 fully saturated rings. The predicted octanol–water partition coefficient (Wildman–Crippen LogP) is 1.26. The third-order valence-corrected chi connectivity index (χ3v) is 2.80. The van der Waals surface area contributed by atoms with Crippen LogP contribution < -0.4 is 0 Å². The summed E-state index contributed by atoms with van der Waals surface area (Å²) in [7, 11) is 0. The second-order valence-electron chi connectivity index (χ2n) is 4.10. The van der Waals surface area contributed by atoms with Crippen molar-refractivity contribution < 1.29 is 9.50 Å². The predicted molar refractivity (Wildman–Crippen MR) is 57.0 cm³/mol. The van der Waals surface area contributed by atoms with E-state index < -0.39 is 5.82 Å². The highest BCUT2D eigenvalue weighted by atomic mass is 19.1. The Morgan fingerprint density at radius 3 is 3.00 bits per heavy atom. The van der Waals surface area contributed by atoms with E-state index in [1.165, 1.54) is 6.07 Å². The molecule has 16 heavy (non-hydrogen) atoms. The summed E-state index contributed by atoms with van der Waals surface area (Å²) in [4.78, 5) is 2.10. The molecular weight excluding hydrogens is 207 g/mol. The van der Waals surface area contributed by atoms with E-state index in [2.05, 4.69) is 4.90 Å². The molecule has 1 N–H and O–H groups in total. The molecule has 0 aliphatic carbocycles. The first kappa shape index (κ1) is 11.1. The summed E-state index contributed by atoms with van der Waals surface area (Å²) in [5, 5.41) is 18.1. The Kier molecular flexibility index (Phi) is 3.18. The summed E-state index contributed by atoms with van der Waals surface area (Å²) < 4.78 is 13.1. The van der Waals surface area contributed by atoms with E-state index in [1.54, 1.807) is 12.1 Å². The van der Waals surface area contributed by atoms with Gasteiger partial charge in [0.15, 0.2) is 0 Å². The number of likely N-dealkylation sites (tertiary alicyclic amines) is 1. The largest absolute Gasteiger partial charge is 0.392 e. The molecule has 0 spiro atoms. The zero-order chi connectivity index (χ0) is 11.5. The highest BCUT2D eigenvalue weighted by Crippen LogP contribution is 2.15. The van der Waals surface area contributed by atoms with Gasteiger partial charge in [-0.2, -0.15) is 5.26 Å². The molecule has 4 heteroatoms. The van der Waals surface area contributed by atoms with Crippen LogP contribution in [0.5, 0.6) is 0 Å². The standard InChI is InChI=1S/C12H13FN2O/c13-12-2-1-9(5-10(12)6-14)7-15-4-3-11(16)8-15/h1-2,5,11,16H,3-4,7-8H2/t11-/m1/s1. The van der Waals surface area contributed by atoms with Crippen molar-refractivity contribution in [2.24, 2.45) is 0 Å². The first-order chi connectivity index (χ1) is 7.69. The number of aliphatic hydroxyl groups excluding tert-OH is 1. The smallest absolute Gasteiger partial charge is 0.140 e. The van der Waals surface area contributed by atoms with Crippen molar-refractivity contribution in [1.82, 2.24) is 4.90 Å². The lowest BCUT2D eigenvalue weighted by Gasteiger charge is -2.14. The zero-order valence-corrected chi connectivity index (χ0v) is 8.86. The van der Waals surface area contributed by atoms with Gasteiger partial charge in [-0.15, -0.1) is 0 Å². The normalized spacial score (nSPS) is 20.9. The number of nitriles is 1. The Morgan fingerprint density at radius 2 is 2.38 bits per heavy atom. The van der Waals surface area contributed by atoms with Crippen molar-refractivity contribution in [3.63, 3.8) is 0 Å². The fraction of sp³-hybridized carbons (Fsp3) is 0.417. The lowest BCUT2D eigenvalue weighted by atomic mass is 10.1. The van der Waals surface area contributed by atoms with Gasteiger partial charge in [0.2, 0.25) is 0 Å². The number of aliphatic hydroxyl groups is 1. The van der Waals surface area contributed by atoms with E-state index in [1.807, 2.05) is 6.07 Å². The second-order valence-corrected chi connectivity index (χ2v) is 4.10. The number of rotatable bonds is 2. The summed E-state index contributed by atoms with van der Waals surface area (Å²) >= 11 is 0. The molecule has 0 bridgehead atoms. The molecule has 0 unspecified atom stereocenters. The van der Waals surface area contributed by atoms with Crippen LogP contribution in [0.3, 0.4) is 0 Å². The SMILES string of the molecule is N#Cc1cc(CN2CC[C@@H](O)C2)ccc1F. The molecule has 84 valence electrons. The van der Waals surface area contributed by atoms with E-state index in [0.29, 0.717) is 13.1 Å². The van der Waals surface area contributed by atoms with Gasteiger partial charge in [-0.05, 0) is 24.1 Å². The number of halogens is 1. The molecule has 1 atom stereocenters. The molecule has 0 saturated carbocycles. The van der Waals surface area contributed by atoms with Crippen LogP contribution in [-0.4, -0.2) is 29.2 Å². The van der Waals surface area contributed by atoms with Crippen LogP contribution in [-0.2, 0) is 6.54 Å². The van der Waals surface area contributed by atoms with E-state index in [4.69, 9.17) is 5.26 Å². The fourth-order valence-corrected chi connectivity index (χ4v) is 1.97. The minimum absolute atomic E-state index is 0.0808. The van der Waals surface area contributed by atoms with Crippen LogP contribution >= 0.6 is 0 Å². The van der Waals surface area contributed by atoms with Crippen LogP contribution in [0.2, 0.25) is 0 Å². The van der Waals surface area contributed by atoms with Crippen LogP contribution in [0.4, 0.5) is 4.39 Å². The van der Waals surface area contributed by atoms with Gasteiger partial charge in [0.05, 0.1) is 11.7 Å². The van der Waals surface area contributed by atoms with Gasteiger partial charge in [0.1, 0.15) is 11.9 Å². The van der Waals surface area contributed by atoms with Gasteiger partial charge in [-0.3, -0.25) is 4.90 Å². The monoisotopic (exact) mass is 220 g/mol. The van der Waals surface area contributed by atoms with Crippen molar-refractivity contribution in [3.05, 3.63) is 35.1 Å². The summed E-state index contributed by atoms with van der Waals surface area (Å²) in [6.07, 6.45) is 0.530. The van der Waals surface area contributed by atoms with Gasteiger partial charge in [-0.1, -0.05) is 6.07 Å². The molecule has 1 saturated heterocycles. The lowest BCUT2D eigenvalue weighted by Crippen LogP contribution is -2.21. The molecular formula is C12H13FN2O. The molecule has 1 aliphatic heterocycles. The summed E-state index contributed by atoms with van der Waals surface area (Å²) in [6, 6.07) is 6.40. The van der Waals surface area contributed by atoms with Crippen LogP contribution in [0.1, 0.15) is 17.5 Å². The van der Waals surface area contributed by atoms with Crippen molar-refractivity contribution in [3.8, 4) is 6.07 Å². The van der Waals surface area contributed by atoms with Crippen LogP contribution in [0.15, 0.2) is 18.2 Å². The molecule has 1 aromatic rings. The Labute approximate surface area is 93.7 Å². The van der Waals surface area contributed by atoms with Crippen molar-refractivity contribution in [2.75, 3.05) is 13.1 Å².